The predicted molar refractivity (Wildman–Crippen MR) is 194 cm³/mol. The van der Waals surface area contributed by atoms with Crippen molar-refractivity contribution in [2.45, 2.75) is 0 Å². The predicted octanol–water partition coefficient (Wildman–Crippen LogP) is 5.29. The fraction of sp³-hybridized carbons (Fsp3) is 0. The van der Waals surface area contributed by atoms with Crippen LogP contribution in [0, 0.1) is 0 Å². The van der Waals surface area contributed by atoms with Gasteiger partial charge < -0.3 is 9.47 Å². The second-order valence-electron chi connectivity index (χ2n) is 12.5. The van der Waals surface area contributed by atoms with Gasteiger partial charge in [-0.05, 0) is 82.5 Å². The molecule has 6 nitrogen and oxygen atoms in total. The molecule has 0 saturated carbocycles. The van der Waals surface area contributed by atoms with E-state index < -0.39 is 0 Å². The standard InChI is InChI=1S/C40H24B2N4O2/c1-3-13-25(14-4-1)45-29-19-11-23-33-35(29)41(27-17-7-9-21-31(27)47-33)37-39(45)44-40-38(43-37)42-28-18-8-10-22-32(28)48-34-24-12-20-30(36(34)42)46(40)26-15-5-2-6-16-26/h1-24H. The molecular formula is C40H24B2N4O2. The summed E-state index contributed by atoms with van der Waals surface area (Å²) in [6, 6.07) is 50.2. The third kappa shape index (κ3) is 3.43. The van der Waals surface area contributed by atoms with Crippen molar-refractivity contribution in [3.8, 4) is 23.0 Å². The summed E-state index contributed by atoms with van der Waals surface area (Å²) >= 11 is 0. The fourth-order valence-electron chi connectivity index (χ4n) is 8.02. The zero-order valence-electron chi connectivity index (χ0n) is 25.6. The van der Waals surface area contributed by atoms with Crippen LogP contribution in [-0.4, -0.2) is 23.4 Å². The average Bonchev–Trinajstić information content (AvgIpc) is 3.14. The normalized spacial score (nSPS) is 14.0. The minimum Gasteiger partial charge on any atom is -0.458 e. The van der Waals surface area contributed by atoms with Crippen molar-refractivity contribution in [2.75, 3.05) is 9.80 Å². The first-order valence-electron chi connectivity index (χ1n) is 16.2. The Balaban J connectivity index is 1.27. The van der Waals surface area contributed by atoms with E-state index in [4.69, 9.17) is 19.4 Å². The Bertz CT molecular complexity index is 2290. The van der Waals surface area contributed by atoms with Gasteiger partial charge in [-0.25, -0.2) is 4.98 Å². The third-order valence-corrected chi connectivity index (χ3v) is 9.96. The topological polar surface area (TPSA) is 50.7 Å². The molecule has 0 unspecified atom stereocenters. The highest BCUT2D eigenvalue weighted by molar-refractivity contribution is 7.01. The molecule has 0 radical (unpaired) electrons. The van der Waals surface area contributed by atoms with Crippen LogP contribution in [0.2, 0.25) is 0 Å². The monoisotopic (exact) mass is 614 g/mol. The van der Waals surface area contributed by atoms with Crippen molar-refractivity contribution in [3.63, 3.8) is 0 Å². The van der Waals surface area contributed by atoms with E-state index in [0.29, 0.717) is 0 Å². The molecule has 8 heteroatoms. The second-order valence-corrected chi connectivity index (χ2v) is 12.5. The first-order chi connectivity index (χ1) is 23.8. The summed E-state index contributed by atoms with van der Waals surface area (Å²) in [5.41, 5.74) is 10.3. The quantitative estimate of drug-likeness (QED) is 0.247. The second kappa shape index (κ2) is 9.62. The lowest BCUT2D eigenvalue weighted by molar-refractivity contribution is 0.487. The van der Waals surface area contributed by atoms with E-state index in [2.05, 4.69) is 131 Å². The highest BCUT2D eigenvalue weighted by Gasteiger charge is 2.48. The highest BCUT2D eigenvalue weighted by atomic mass is 16.5. The van der Waals surface area contributed by atoms with Gasteiger partial charge in [-0.15, -0.1) is 0 Å². The molecule has 222 valence electrons. The number of para-hydroxylation sites is 4. The number of aromatic nitrogens is 2. The molecule has 5 heterocycles. The minimum absolute atomic E-state index is 0.161. The van der Waals surface area contributed by atoms with Crippen LogP contribution >= 0.6 is 0 Å². The number of benzene rings is 6. The Morgan fingerprint density at radius 3 is 1.29 bits per heavy atom. The summed E-state index contributed by atoms with van der Waals surface area (Å²) in [4.78, 5) is 16.0. The van der Waals surface area contributed by atoms with E-state index in [1.165, 1.54) is 0 Å². The summed E-state index contributed by atoms with van der Waals surface area (Å²) in [7, 11) is 0. The maximum atomic E-state index is 6.57. The number of rotatable bonds is 2. The van der Waals surface area contributed by atoms with Crippen LogP contribution in [0.4, 0.5) is 34.4 Å². The summed E-state index contributed by atoms with van der Waals surface area (Å²) in [5, 5.41) is 0. The van der Waals surface area contributed by atoms with Crippen molar-refractivity contribution in [1.29, 1.82) is 0 Å². The Hall–Kier alpha value is -6.27. The number of nitrogens with zero attached hydrogens (tertiary/aromatic N) is 4. The van der Waals surface area contributed by atoms with Crippen molar-refractivity contribution < 1.29 is 9.47 Å². The van der Waals surface area contributed by atoms with Gasteiger partial charge in [0.1, 0.15) is 23.0 Å². The number of hydrogen-bond donors (Lipinski definition) is 0. The fourth-order valence-corrected chi connectivity index (χ4v) is 8.02. The average molecular weight is 614 g/mol. The molecule has 7 aromatic rings. The molecule has 6 aromatic carbocycles. The van der Waals surface area contributed by atoms with Crippen LogP contribution in [0.25, 0.3) is 0 Å². The first kappa shape index (κ1) is 25.9. The molecular weight excluding hydrogens is 590 g/mol. The lowest BCUT2D eigenvalue weighted by Crippen LogP contribution is -2.66. The van der Waals surface area contributed by atoms with E-state index in [1.54, 1.807) is 0 Å². The summed E-state index contributed by atoms with van der Waals surface area (Å²) in [5.74, 6) is 5.01. The summed E-state index contributed by atoms with van der Waals surface area (Å²) in [6.45, 7) is -0.323. The zero-order chi connectivity index (χ0) is 31.3. The van der Waals surface area contributed by atoms with Gasteiger partial charge in [0.05, 0.1) is 11.2 Å². The van der Waals surface area contributed by atoms with Gasteiger partial charge in [0.2, 0.25) is 0 Å². The van der Waals surface area contributed by atoms with Crippen LogP contribution in [0.3, 0.4) is 0 Å². The van der Waals surface area contributed by atoms with Crippen molar-refractivity contribution in [3.05, 3.63) is 146 Å². The minimum atomic E-state index is -0.161. The van der Waals surface area contributed by atoms with Crippen LogP contribution < -0.4 is 52.3 Å². The Morgan fingerprint density at radius 1 is 0.396 bits per heavy atom. The van der Waals surface area contributed by atoms with Crippen molar-refractivity contribution >= 4 is 80.8 Å². The van der Waals surface area contributed by atoms with E-state index in [1.807, 2.05) is 24.3 Å². The largest absolute Gasteiger partial charge is 0.458 e. The molecule has 1 aromatic heterocycles. The number of anilines is 6. The third-order valence-electron chi connectivity index (χ3n) is 9.96. The summed E-state index contributed by atoms with van der Waals surface area (Å²) < 4.78 is 13.1. The Kier molecular flexibility index (Phi) is 5.19. The van der Waals surface area contributed by atoms with E-state index >= 15 is 0 Å². The van der Waals surface area contributed by atoms with E-state index in [0.717, 1.165) is 90.4 Å². The zero-order valence-corrected chi connectivity index (χ0v) is 25.6. The van der Waals surface area contributed by atoms with Crippen LogP contribution in [-0.2, 0) is 0 Å². The first-order valence-corrected chi connectivity index (χ1v) is 16.2. The number of hydrogen-bond acceptors (Lipinski definition) is 6. The SMILES string of the molecule is c1ccc(N2c3cccc4c3B(c3ccccc3O4)c3nc4c(nc32)N(c2ccccc2)c2cccc3c2B4c2ccccc2O3)cc1. The molecule has 0 amide bonds. The van der Waals surface area contributed by atoms with Crippen LogP contribution in [0.15, 0.2) is 146 Å². The molecule has 0 atom stereocenters. The summed E-state index contributed by atoms with van der Waals surface area (Å²) in [6.07, 6.45) is 0. The van der Waals surface area contributed by atoms with E-state index in [-0.39, 0.29) is 13.4 Å². The van der Waals surface area contributed by atoms with Crippen molar-refractivity contribution in [1.82, 2.24) is 9.97 Å². The Morgan fingerprint density at radius 2 is 0.812 bits per heavy atom. The molecule has 0 bridgehead atoms. The van der Waals surface area contributed by atoms with Gasteiger partial charge in [-0.3, -0.25) is 14.8 Å². The molecule has 11 rings (SSSR count). The van der Waals surface area contributed by atoms with Gasteiger partial charge in [-0.2, -0.15) is 0 Å². The lowest BCUT2D eigenvalue weighted by atomic mass is 9.34. The van der Waals surface area contributed by atoms with Gasteiger partial charge in [0, 0.05) is 22.7 Å². The van der Waals surface area contributed by atoms with E-state index in [9.17, 15) is 0 Å². The number of ether oxygens (including phenoxy) is 2. The van der Waals surface area contributed by atoms with Gasteiger partial charge in [-0.1, -0.05) is 84.9 Å². The van der Waals surface area contributed by atoms with Crippen LogP contribution in [0.1, 0.15) is 0 Å². The smallest absolute Gasteiger partial charge is 0.281 e. The highest BCUT2D eigenvalue weighted by Crippen LogP contribution is 2.43. The van der Waals surface area contributed by atoms with Crippen LogP contribution in [0.5, 0.6) is 23.0 Å². The molecule has 0 fully saturated rings. The van der Waals surface area contributed by atoms with Gasteiger partial charge in [0.15, 0.2) is 11.6 Å². The molecule has 48 heavy (non-hydrogen) atoms. The maximum Gasteiger partial charge on any atom is 0.281 e. The molecule has 0 saturated heterocycles. The molecule has 0 N–H and O–H groups in total. The Labute approximate surface area is 278 Å². The molecule has 4 aliphatic heterocycles. The molecule has 4 aliphatic rings. The maximum absolute atomic E-state index is 6.57. The van der Waals surface area contributed by atoms with Gasteiger partial charge in [0.25, 0.3) is 13.4 Å². The molecule has 0 spiro atoms. The lowest BCUT2D eigenvalue weighted by Gasteiger charge is -2.42. The van der Waals surface area contributed by atoms with Gasteiger partial charge >= 0.3 is 0 Å². The number of fused-ring (bicyclic) bond motifs is 8. The molecule has 0 aliphatic carbocycles. The van der Waals surface area contributed by atoms with Crippen molar-refractivity contribution in [2.24, 2.45) is 0 Å².